The molecular formula is C15H23ClN4O2. The molecule has 1 saturated heterocycles. The van der Waals surface area contributed by atoms with Crippen molar-refractivity contribution in [2.24, 2.45) is 0 Å². The number of carbonyl (C=O) groups is 1. The zero-order valence-corrected chi connectivity index (χ0v) is 14.3. The summed E-state index contributed by atoms with van der Waals surface area (Å²) in [6, 6.07) is 1.80. The van der Waals surface area contributed by atoms with Gasteiger partial charge in [0.15, 0.2) is 0 Å². The summed E-state index contributed by atoms with van der Waals surface area (Å²) in [6.07, 6.45) is 3.27. The van der Waals surface area contributed by atoms with Crippen molar-refractivity contribution in [3.05, 3.63) is 17.4 Å². The van der Waals surface area contributed by atoms with E-state index in [4.69, 9.17) is 16.3 Å². The Hall–Kier alpha value is -1.56. The van der Waals surface area contributed by atoms with Gasteiger partial charge in [0.05, 0.1) is 0 Å². The van der Waals surface area contributed by atoms with E-state index in [2.05, 4.69) is 9.97 Å². The smallest absolute Gasteiger partial charge is 0.410 e. The fourth-order valence-electron chi connectivity index (χ4n) is 2.42. The maximum absolute atomic E-state index is 12.2. The number of likely N-dealkylation sites (tertiary alicyclic amines) is 1. The molecule has 122 valence electrons. The second kappa shape index (κ2) is 6.69. The van der Waals surface area contributed by atoms with Gasteiger partial charge >= 0.3 is 6.09 Å². The molecule has 0 aromatic carbocycles. The first-order valence-electron chi connectivity index (χ1n) is 7.45. The summed E-state index contributed by atoms with van der Waals surface area (Å²) in [4.78, 5) is 24.4. The maximum atomic E-state index is 12.2. The summed E-state index contributed by atoms with van der Waals surface area (Å²) < 4.78 is 5.45. The van der Waals surface area contributed by atoms with Gasteiger partial charge in [-0.05, 0) is 39.7 Å². The van der Waals surface area contributed by atoms with E-state index in [1.165, 1.54) is 0 Å². The molecule has 7 heteroatoms. The van der Waals surface area contributed by atoms with Crippen LogP contribution in [0, 0.1) is 0 Å². The van der Waals surface area contributed by atoms with Gasteiger partial charge in [-0.25, -0.2) is 14.8 Å². The van der Waals surface area contributed by atoms with Crippen LogP contribution in [-0.2, 0) is 4.74 Å². The molecule has 0 radical (unpaired) electrons. The van der Waals surface area contributed by atoms with E-state index < -0.39 is 5.60 Å². The van der Waals surface area contributed by atoms with E-state index >= 15 is 0 Å². The predicted molar refractivity (Wildman–Crippen MR) is 86.3 cm³/mol. The molecule has 1 fully saturated rings. The number of carbonyl (C=O) groups excluding carboxylic acids is 1. The van der Waals surface area contributed by atoms with Gasteiger partial charge in [0.1, 0.15) is 10.8 Å². The first-order chi connectivity index (χ1) is 10.3. The van der Waals surface area contributed by atoms with Crippen LogP contribution >= 0.6 is 11.6 Å². The van der Waals surface area contributed by atoms with Crippen molar-refractivity contribution in [3.63, 3.8) is 0 Å². The highest BCUT2D eigenvalue weighted by molar-refractivity contribution is 6.29. The third-order valence-electron chi connectivity index (χ3n) is 3.52. The van der Waals surface area contributed by atoms with Crippen molar-refractivity contribution in [3.8, 4) is 0 Å². The largest absolute Gasteiger partial charge is 0.444 e. The lowest BCUT2D eigenvalue weighted by molar-refractivity contribution is 0.0199. The summed E-state index contributed by atoms with van der Waals surface area (Å²) in [6.45, 7) is 6.94. The van der Waals surface area contributed by atoms with Crippen LogP contribution in [0.1, 0.15) is 33.6 Å². The molecule has 2 rings (SSSR count). The topological polar surface area (TPSA) is 58.6 Å². The Morgan fingerprint density at radius 2 is 2.23 bits per heavy atom. The summed E-state index contributed by atoms with van der Waals surface area (Å²) in [7, 11) is 1.93. The SMILES string of the molecule is CN(c1nccc(Cl)n1)[C@@H]1CCCN(C(=O)OC(C)(C)C)C1. The van der Waals surface area contributed by atoms with Crippen LogP contribution < -0.4 is 4.90 Å². The minimum Gasteiger partial charge on any atom is -0.444 e. The van der Waals surface area contributed by atoms with Crippen molar-refractivity contribution in [2.45, 2.75) is 45.3 Å². The van der Waals surface area contributed by atoms with E-state index in [1.807, 2.05) is 32.7 Å². The normalized spacial score (nSPS) is 19.0. The molecule has 0 N–H and O–H groups in total. The molecule has 0 unspecified atom stereocenters. The van der Waals surface area contributed by atoms with Gasteiger partial charge in [0, 0.05) is 32.4 Å². The molecule has 1 aromatic rings. The molecule has 1 amide bonds. The summed E-state index contributed by atoms with van der Waals surface area (Å²) >= 11 is 5.92. The van der Waals surface area contributed by atoms with Crippen LogP contribution in [0.4, 0.5) is 10.7 Å². The molecule has 2 heterocycles. The Morgan fingerprint density at radius 1 is 1.50 bits per heavy atom. The zero-order valence-electron chi connectivity index (χ0n) is 13.5. The molecule has 0 spiro atoms. The van der Waals surface area contributed by atoms with Crippen LogP contribution in [-0.4, -0.2) is 52.7 Å². The van der Waals surface area contributed by atoms with Crippen LogP contribution in [0.3, 0.4) is 0 Å². The highest BCUT2D eigenvalue weighted by Crippen LogP contribution is 2.21. The van der Waals surface area contributed by atoms with E-state index in [0.29, 0.717) is 17.6 Å². The lowest BCUT2D eigenvalue weighted by Gasteiger charge is -2.38. The van der Waals surface area contributed by atoms with Crippen LogP contribution in [0.15, 0.2) is 12.3 Å². The molecule has 0 aliphatic carbocycles. The zero-order chi connectivity index (χ0) is 16.3. The minimum absolute atomic E-state index is 0.153. The number of anilines is 1. The fraction of sp³-hybridized carbons (Fsp3) is 0.667. The summed E-state index contributed by atoms with van der Waals surface area (Å²) in [5.74, 6) is 0.573. The number of aromatic nitrogens is 2. The van der Waals surface area contributed by atoms with Crippen LogP contribution in [0.5, 0.6) is 0 Å². The van der Waals surface area contributed by atoms with Gasteiger partial charge < -0.3 is 14.5 Å². The molecule has 0 saturated carbocycles. The second-order valence-corrected chi connectivity index (χ2v) is 6.90. The average molecular weight is 327 g/mol. The second-order valence-electron chi connectivity index (χ2n) is 6.51. The Kier molecular flexibility index (Phi) is 5.11. The van der Waals surface area contributed by atoms with E-state index in [9.17, 15) is 4.79 Å². The van der Waals surface area contributed by atoms with Crippen molar-refractivity contribution >= 4 is 23.6 Å². The molecule has 0 bridgehead atoms. The molecule has 6 nitrogen and oxygen atoms in total. The third-order valence-corrected chi connectivity index (χ3v) is 3.73. The standard InChI is InChI=1S/C15H23ClN4O2/c1-15(2,3)22-14(21)20-9-5-6-11(10-20)19(4)13-17-8-7-12(16)18-13/h7-8,11H,5-6,9-10H2,1-4H3/t11-/m1/s1. The van der Waals surface area contributed by atoms with Gasteiger partial charge in [-0.3, -0.25) is 0 Å². The van der Waals surface area contributed by atoms with Gasteiger partial charge in [0.25, 0.3) is 0 Å². The number of halogens is 1. The highest BCUT2D eigenvalue weighted by atomic mass is 35.5. The number of rotatable bonds is 2. The molecule has 1 aliphatic rings. The Labute approximate surface area is 136 Å². The molecule has 1 aromatic heterocycles. The average Bonchev–Trinajstić information content (AvgIpc) is 2.45. The van der Waals surface area contributed by atoms with E-state index in [-0.39, 0.29) is 12.1 Å². The first kappa shape index (κ1) is 16.8. The lowest BCUT2D eigenvalue weighted by Crippen LogP contribution is -2.50. The molecule has 22 heavy (non-hydrogen) atoms. The summed E-state index contributed by atoms with van der Waals surface area (Å²) in [5, 5.41) is 0.414. The first-order valence-corrected chi connectivity index (χ1v) is 7.83. The predicted octanol–water partition coefficient (Wildman–Crippen LogP) is 2.97. The summed E-state index contributed by atoms with van der Waals surface area (Å²) in [5.41, 5.74) is -0.480. The van der Waals surface area contributed by atoms with Crippen molar-refractivity contribution in [2.75, 3.05) is 25.0 Å². The van der Waals surface area contributed by atoms with E-state index in [0.717, 1.165) is 19.4 Å². The molecule has 1 aliphatic heterocycles. The Bertz CT molecular complexity index is 533. The van der Waals surface area contributed by atoms with Gasteiger partial charge in [-0.1, -0.05) is 11.6 Å². The van der Waals surface area contributed by atoms with Crippen LogP contribution in [0.2, 0.25) is 5.15 Å². The van der Waals surface area contributed by atoms with Crippen molar-refractivity contribution in [1.29, 1.82) is 0 Å². The number of ether oxygens (including phenoxy) is 1. The number of hydrogen-bond donors (Lipinski definition) is 0. The van der Waals surface area contributed by atoms with Gasteiger partial charge in [-0.15, -0.1) is 0 Å². The Morgan fingerprint density at radius 3 is 2.86 bits per heavy atom. The lowest BCUT2D eigenvalue weighted by atomic mass is 10.1. The van der Waals surface area contributed by atoms with Crippen molar-refractivity contribution < 1.29 is 9.53 Å². The quantitative estimate of drug-likeness (QED) is 0.782. The number of hydrogen-bond acceptors (Lipinski definition) is 5. The third kappa shape index (κ3) is 4.47. The van der Waals surface area contributed by atoms with Crippen molar-refractivity contribution in [1.82, 2.24) is 14.9 Å². The molecular weight excluding hydrogens is 304 g/mol. The maximum Gasteiger partial charge on any atom is 0.410 e. The number of likely N-dealkylation sites (N-methyl/N-ethyl adjacent to an activating group) is 1. The van der Waals surface area contributed by atoms with E-state index in [1.54, 1.807) is 17.2 Å². The van der Waals surface area contributed by atoms with Gasteiger partial charge in [0.2, 0.25) is 5.95 Å². The van der Waals surface area contributed by atoms with Crippen LogP contribution in [0.25, 0.3) is 0 Å². The Balaban J connectivity index is 2.02. The fourth-order valence-corrected chi connectivity index (χ4v) is 2.56. The monoisotopic (exact) mass is 326 g/mol. The number of piperidine rings is 1. The van der Waals surface area contributed by atoms with Gasteiger partial charge in [-0.2, -0.15) is 0 Å². The highest BCUT2D eigenvalue weighted by Gasteiger charge is 2.30. The number of nitrogens with zero attached hydrogens (tertiary/aromatic N) is 4. The number of amides is 1. The molecule has 1 atom stereocenters. The minimum atomic E-state index is -0.480.